The number of hydrogen-bond donors (Lipinski definition) is 7. The summed E-state index contributed by atoms with van der Waals surface area (Å²) in [6.07, 6.45) is 0.997. The highest BCUT2D eigenvalue weighted by atomic mass is 32.1. The number of rotatable bonds is 21. The van der Waals surface area contributed by atoms with Crippen molar-refractivity contribution in [3.8, 4) is 10.4 Å². The van der Waals surface area contributed by atoms with E-state index in [9.17, 15) is 37.9 Å². The fourth-order valence-electron chi connectivity index (χ4n) is 10.5. The number of likely N-dealkylation sites (tertiary alicyclic amines) is 1. The molecule has 3 aliphatic rings. The molecule has 3 fully saturated rings. The smallest absolute Gasteiger partial charge is 0.258 e. The Morgan fingerprint density at radius 2 is 1.62 bits per heavy atom. The Hall–Kier alpha value is -7.37. The highest BCUT2D eigenvalue weighted by molar-refractivity contribution is 7.13. The van der Waals surface area contributed by atoms with Crippen molar-refractivity contribution in [1.29, 1.82) is 0 Å². The zero-order valence-electron chi connectivity index (χ0n) is 46.1. The van der Waals surface area contributed by atoms with Gasteiger partial charge in [-0.25, -0.2) is 13.8 Å². The largest absolute Gasteiger partial charge is 0.391 e. The van der Waals surface area contributed by atoms with Crippen LogP contribution in [0.25, 0.3) is 21.3 Å². The summed E-state index contributed by atoms with van der Waals surface area (Å²) in [6, 6.07) is 20.7. The van der Waals surface area contributed by atoms with Gasteiger partial charge in [0, 0.05) is 101 Å². The molecule has 9 rings (SSSR count). The van der Waals surface area contributed by atoms with Crippen molar-refractivity contribution in [2.75, 3.05) is 87.8 Å². The minimum absolute atomic E-state index is 0.0343. The number of fused-ring (bicyclic) bond motifs is 1. The van der Waals surface area contributed by atoms with Crippen LogP contribution in [0.3, 0.4) is 0 Å². The van der Waals surface area contributed by atoms with Gasteiger partial charge in [0.05, 0.1) is 53.0 Å². The summed E-state index contributed by atoms with van der Waals surface area (Å²) in [5, 5.41) is 33.9. The molecule has 3 atom stereocenters. The highest BCUT2D eigenvalue weighted by Gasteiger charge is 2.44. The van der Waals surface area contributed by atoms with Gasteiger partial charge in [-0.05, 0) is 96.3 Å². The van der Waals surface area contributed by atoms with Crippen LogP contribution in [0, 0.1) is 24.0 Å². The normalized spacial score (nSPS) is 17.5. The number of anilines is 3. The molecule has 5 heterocycles. The predicted molar refractivity (Wildman–Crippen MR) is 306 cm³/mol. The van der Waals surface area contributed by atoms with Crippen molar-refractivity contribution in [3.05, 3.63) is 124 Å². The number of amides is 5. The lowest BCUT2D eigenvalue weighted by Crippen LogP contribution is -2.57. The molecule has 4 aromatic carbocycles. The fourth-order valence-corrected chi connectivity index (χ4v) is 11.3. The van der Waals surface area contributed by atoms with Gasteiger partial charge in [0.15, 0.2) is 5.82 Å². The van der Waals surface area contributed by atoms with Crippen molar-refractivity contribution in [1.82, 2.24) is 40.9 Å². The molecular formula is C59H71F2N11O8S. The predicted octanol–water partition coefficient (Wildman–Crippen LogP) is 6.16. The van der Waals surface area contributed by atoms with E-state index in [1.54, 1.807) is 22.9 Å². The number of nitrogens with zero attached hydrogens (tertiary/aromatic N) is 5. The van der Waals surface area contributed by atoms with Gasteiger partial charge in [-0.3, -0.25) is 34.0 Å². The minimum Gasteiger partial charge on any atom is -0.391 e. The number of thiazole rings is 1. The maximum absolute atomic E-state index is 14.1. The number of aliphatic hydroxyl groups is 1. The van der Waals surface area contributed by atoms with Crippen LogP contribution >= 0.6 is 11.3 Å². The number of aryl methyl sites for hydroxylation is 1. The van der Waals surface area contributed by atoms with Crippen LogP contribution in [-0.4, -0.2) is 156 Å². The van der Waals surface area contributed by atoms with Gasteiger partial charge in [0.2, 0.25) is 23.6 Å². The molecule has 5 amide bonds. The van der Waals surface area contributed by atoms with Crippen LogP contribution in [0.2, 0.25) is 0 Å². The first-order valence-electron chi connectivity index (χ1n) is 27.5. The van der Waals surface area contributed by atoms with E-state index in [0.717, 1.165) is 51.9 Å². The maximum Gasteiger partial charge on any atom is 0.258 e. The Balaban J connectivity index is 0.704. The molecule has 22 heteroatoms. The van der Waals surface area contributed by atoms with Crippen molar-refractivity contribution in [2.45, 2.75) is 90.6 Å². The van der Waals surface area contributed by atoms with Crippen LogP contribution in [0.1, 0.15) is 79.2 Å². The summed E-state index contributed by atoms with van der Waals surface area (Å²) >= 11 is 1.56. The van der Waals surface area contributed by atoms with Gasteiger partial charge < -0.3 is 51.0 Å². The summed E-state index contributed by atoms with van der Waals surface area (Å²) in [6.45, 7) is 12.1. The van der Waals surface area contributed by atoms with Gasteiger partial charge in [-0.15, -0.1) is 11.3 Å². The molecule has 3 aliphatic heterocycles. The highest BCUT2D eigenvalue weighted by Crippen LogP contribution is 2.32. The number of piperazine rings is 1. The van der Waals surface area contributed by atoms with E-state index in [0.29, 0.717) is 72.9 Å². The average molecular weight is 1130 g/mol. The first-order valence-corrected chi connectivity index (χ1v) is 28.4. The molecule has 6 aromatic rings. The molecule has 19 nitrogen and oxygen atoms in total. The quantitative estimate of drug-likeness (QED) is 0.0401. The zero-order chi connectivity index (χ0) is 57.2. The van der Waals surface area contributed by atoms with Gasteiger partial charge in [-0.2, -0.15) is 5.10 Å². The molecule has 2 aromatic heterocycles. The topological polar surface area (TPSA) is 235 Å². The Morgan fingerprint density at radius 3 is 2.33 bits per heavy atom. The van der Waals surface area contributed by atoms with E-state index >= 15 is 0 Å². The molecule has 0 saturated carbocycles. The number of halogens is 2. The number of nitrogens with one attached hydrogen (secondary N) is 6. The van der Waals surface area contributed by atoms with E-state index in [-0.39, 0.29) is 82.4 Å². The number of benzene rings is 4. The number of hydrogen-bond acceptors (Lipinski definition) is 14. The number of aliphatic hydroxyl groups excluding tert-OH is 1. The van der Waals surface area contributed by atoms with Crippen LogP contribution in [0.15, 0.2) is 84.4 Å². The number of ether oxygens (including phenoxy) is 2. The molecule has 3 saturated heterocycles. The van der Waals surface area contributed by atoms with Crippen molar-refractivity contribution in [3.63, 3.8) is 0 Å². The van der Waals surface area contributed by atoms with Crippen molar-refractivity contribution >= 4 is 69.0 Å². The summed E-state index contributed by atoms with van der Waals surface area (Å²) in [7, 11) is 0. The molecule has 430 valence electrons. The van der Waals surface area contributed by atoms with Crippen LogP contribution in [0.4, 0.5) is 26.0 Å². The van der Waals surface area contributed by atoms with E-state index in [2.05, 4.69) is 51.6 Å². The van der Waals surface area contributed by atoms with E-state index in [1.807, 2.05) is 82.3 Å². The van der Waals surface area contributed by atoms with Crippen LogP contribution in [-0.2, 0) is 41.6 Å². The SMILES string of the molecule is Cc1ncsc1-c1ccc(CNC(=O)[C@@H]2C[C@@H](O)CN2C(=O)[C@@H](NC(=O)CCOCCNC(=O)CN2CCN(c3ccc(C(=O)Nc4n[nH]c5ccc(Cc6cc(F)cc(F)c6)cc45)c(NC4CCOCC4)c3)CC2)C(C)(C)C)cc1. The molecular weight excluding hydrogens is 1060 g/mol. The van der Waals surface area contributed by atoms with E-state index in [1.165, 1.54) is 17.0 Å². The number of aromatic amines is 1. The lowest BCUT2D eigenvalue weighted by Gasteiger charge is -2.36. The number of β-amino-alcohol motifs (C(OH)–C–C–N with tert-alkyl or cyclic N) is 1. The lowest BCUT2D eigenvalue weighted by atomic mass is 9.85. The zero-order valence-corrected chi connectivity index (χ0v) is 46.9. The fraction of sp³-hybridized carbons (Fsp3) is 0.441. The van der Waals surface area contributed by atoms with Crippen LogP contribution in [0.5, 0.6) is 0 Å². The van der Waals surface area contributed by atoms with Crippen molar-refractivity contribution < 1.29 is 47.3 Å². The first-order chi connectivity index (χ1) is 38.9. The maximum atomic E-state index is 14.1. The number of carbonyl (C=O) groups excluding carboxylic acids is 5. The summed E-state index contributed by atoms with van der Waals surface area (Å²) in [5.74, 6) is -2.73. The Labute approximate surface area is 473 Å². The second-order valence-electron chi connectivity index (χ2n) is 22.0. The average Bonchev–Trinajstić information content (AvgIpc) is 4.30. The Morgan fingerprint density at radius 1 is 0.877 bits per heavy atom. The molecule has 7 N–H and O–H groups in total. The summed E-state index contributed by atoms with van der Waals surface area (Å²) < 4.78 is 39.2. The standard InChI is InChI=1S/C59H71F2N11O8S/c1-36-53(81-35-64-36)40-8-5-37(6-9-40)32-63-57(77)50-31-45(73)33-72(50)58(78)54(59(2,3)4)66-51(74)15-23-80-24-16-62-52(75)34-70-17-19-71(20-18-70)44-10-11-46(49(30-44)65-43-13-21-79-22-14-43)56(76)67-55-47-28-38(7-12-48(47)68-69-55)25-39-26-41(60)29-42(61)27-39/h5-12,26-30,35,43,45,50,54,65,73H,13-25,31-34H2,1-4H3,(H,62,75)(H,63,77)(H,66,74)(H2,67,68,69,76)/t45-,50+,54-/m1/s1. The number of carbonyl (C=O) groups is 5. The molecule has 81 heavy (non-hydrogen) atoms. The third kappa shape index (κ3) is 15.4. The first kappa shape index (κ1) is 58.3. The van der Waals surface area contributed by atoms with Gasteiger partial charge in [0.1, 0.15) is 23.7 Å². The Bertz CT molecular complexity index is 3170. The molecule has 0 radical (unpaired) electrons. The van der Waals surface area contributed by atoms with Crippen LogP contribution < -0.4 is 31.5 Å². The minimum atomic E-state index is -0.977. The Kier molecular flexibility index (Phi) is 19.1. The van der Waals surface area contributed by atoms with Gasteiger partial charge in [-0.1, -0.05) is 51.1 Å². The molecule has 0 bridgehead atoms. The second-order valence-corrected chi connectivity index (χ2v) is 22.9. The summed E-state index contributed by atoms with van der Waals surface area (Å²) in [4.78, 5) is 79.0. The van der Waals surface area contributed by atoms with Gasteiger partial charge in [0.25, 0.3) is 5.91 Å². The van der Waals surface area contributed by atoms with Crippen molar-refractivity contribution in [2.24, 2.45) is 5.41 Å². The number of aromatic nitrogens is 3. The third-order valence-corrected chi connectivity index (χ3v) is 15.9. The third-order valence-electron chi connectivity index (χ3n) is 14.9. The lowest BCUT2D eigenvalue weighted by molar-refractivity contribution is -0.144. The van der Waals surface area contributed by atoms with Gasteiger partial charge >= 0.3 is 0 Å². The van der Waals surface area contributed by atoms with E-state index in [4.69, 9.17) is 9.47 Å². The second kappa shape index (κ2) is 26.5. The molecule has 0 aliphatic carbocycles. The number of H-pyrrole nitrogens is 1. The monoisotopic (exact) mass is 1130 g/mol. The van der Waals surface area contributed by atoms with E-state index < -0.39 is 47.1 Å². The summed E-state index contributed by atoms with van der Waals surface area (Å²) in [5.41, 5.74) is 7.96. The molecule has 0 spiro atoms. The molecule has 0 unspecified atom stereocenters.